The molecular weight excluding hydrogens is 499 g/mol. The molecule has 2 aromatic carbocycles. The fourth-order valence-electron chi connectivity index (χ4n) is 2.54. The summed E-state index contributed by atoms with van der Waals surface area (Å²) in [5.41, 5.74) is 4.63. The molecule has 0 aliphatic heterocycles. The van der Waals surface area contributed by atoms with E-state index in [4.69, 9.17) is 44.1 Å². The predicted molar refractivity (Wildman–Crippen MR) is 126 cm³/mol. The Kier molecular flexibility index (Phi) is 8.98. The van der Waals surface area contributed by atoms with Gasteiger partial charge in [0.05, 0.1) is 42.4 Å². The van der Waals surface area contributed by atoms with Crippen molar-refractivity contribution in [3.8, 4) is 11.5 Å². The zero-order chi connectivity index (χ0) is 25.5. The van der Waals surface area contributed by atoms with E-state index in [1.54, 1.807) is 0 Å². The van der Waals surface area contributed by atoms with Crippen molar-refractivity contribution in [2.75, 3.05) is 30.6 Å². The van der Waals surface area contributed by atoms with E-state index in [1.807, 2.05) is 0 Å². The molecule has 0 bridgehead atoms. The van der Waals surface area contributed by atoms with Crippen molar-refractivity contribution in [1.82, 2.24) is 0 Å². The van der Waals surface area contributed by atoms with E-state index >= 15 is 0 Å². The van der Waals surface area contributed by atoms with E-state index in [9.17, 15) is 18.0 Å². The van der Waals surface area contributed by atoms with Crippen LogP contribution in [0.15, 0.2) is 53.1 Å². The van der Waals surface area contributed by atoms with Gasteiger partial charge < -0.3 is 35.4 Å². The molecule has 13 heteroatoms. The second-order valence-corrected chi connectivity index (χ2v) is 7.17. The Balaban J connectivity index is 0.000000430. The largest absolute Gasteiger partial charge is 0.495 e. The van der Waals surface area contributed by atoms with Gasteiger partial charge in [0.1, 0.15) is 11.5 Å². The van der Waals surface area contributed by atoms with Crippen LogP contribution in [-0.4, -0.2) is 30.4 Å². The molecule has 0 radical (unpaired) electrons. The van der Waals surface area contributed by atoms with E-state index in [1.165, 1.54) is 56.9 Å². The number of carboxylic acid groups (broad SMARTS) is 1. The number of carbonyl (C=O) groups is 1. The third-order valence-corrected chi connectivity index (χ3v) is 4.55. The first-order chi connectivity index (χ1) is 16.0. The standard InChI is InChI=1S/C16H15ClF3N3O2S.C5H4O3/c1-24-13-7-14(25-2)12(6-10(13)17)23-15(26)22-11-4-3-8(21)5-9(11)16(18,19)20;6-5(7)4-2-1-3-8-4/h3-7H,21H2,1-2H3,(H2,22,23,26);1-3H,(H,6,7). The van der Waals surface area contributed by atoms with Gasteiger partial charge in [0.2, 0.25) is 5.76 Å². The van der Waals surface area contributed by atoms with Gasteiger partial charge in [0.25, 0.3) is 0 Å². The van der Waals surface area contributed by atoms with Crippen LogP contribution in [0.2, 0.25) is 5.02 Å². The number of alkyl halides is 3. The lowest BCUT2D eigenvalue weighted by Gasteiger charge is -2.18. The molecule has 0 amide bonds. The number of carboxylic acids is 1. The number of rotatable bonds is 5. The van der Waals surface area contributed by atoms with E-state index in [-0.39, 0.29) is 27.3 Å². The highest BCUT2D eigenvalue weighted by Gasteiger charge is 2.34. The van der Waals surface area contributed by atoms with Crippen LogP contribution in [0.5, 0.6) is 11.5 Å². The molecule has 0 aliphatic rings. The molecule has 1 heterocycles. The summed E-state index contributed by atoms with van der Waals surface area (Å²) in [6, 6.07) is 9.30. The summed E-state index contributed by atoms with van der Waals surface area (Å²) >= 11 is 11.2. The van der Waals surface area contributed by atoms with E-state index in [0.29, 0.717) is 17.2 Å². The van der Waals surface area contributed by atoms with Crippen LogP contribution in [0.4, 0.5) is 30.2 Å². The number of ether oxygens (including phenoxy) is 2. The summed E-state index contributed by atoms with van der Waals surface area (Å²) in [5.74, 6) is -0.324. The van der Waals surface area contributed by atoms with Crippen molar-refractivity contribution < 1.29 is 37.0 Å². The molecule has 34 heavy (non-hydrogen) atoms. The van der Waals surface area contributed by atoms with E-state index in [2.05, 4.69) is 15.1 Å². The lowest BCUT2D eigenvalue weighted by atomic mass is 10.1. The summed E-state index contributed by atoms with van der Waals surface area (Å²) in [4.78, 5) is 9.97. The van der Waals surface area contributed by atoms with Crippen LogP contribution >= 0.6 is 23.8 Å². The predicted octanol–water partition coefficient (Wildman–Crippen LogP) is 5.74. The second kappa shape index (κ2) is 11.5. The number of halogens is 4. The molecule has 8 nitrogen and oxygen atoms in total. The van der Waals surface area contributed by atoms with Gasteiger partial charge >= 0.3 is 12.1 Å². The fourth-order valence-corrected chi connectivity index (χ4v) is 3.00. The number of hydrogen-bond donors (Lipinski definition) is 4. The molecule has 5 N–H and O–H groups in total. The Morgan fingerprint density at radius 1 is 1.09 bits per heavy atom. The molecule has 0 saturated carbocycles. The zero-order valence-corrected chi connectivity index (χ0v) is 19.3. The number of thiocarbonyl (C=S) groups is 1. The van der Waals surface area contributed by atoms with Crippen molar-refractivity contribution in [3.63, 3.8) is 0 Å². The summed E-state index contributed by atoms with van der Waals surface area (Å²) in [6.07, 6.45) is -3.27. The number of nitrogen functional groups attached to an aromatic ring is 1. The summed E-state index contributed by atoms with van der Waals surface area (Å²) < 4.78 is 54.2. The normalized spacial score (nSPS) is 10.5. The molecule has 3 rings (SSSR count). The van der Waals surface area contributed by atoms with Gasteiger partial charge in [0.15, 0.2) is 5.11 Å². The minimum atomic E-state index is -4.59. The fraction of sp³-hybridized carbons (Fsp3) is 0.143. The molecule has 3 aromatic rings. The first-order valence-electron chi connectivity index (χ1n) is 9.19. The monoisotopic (exact) mass is 517 g/mol. The molecule has 0 saturated heterocycles. The lowest BCUT2D eigenvalue weighted by molar-refractivity contribution is -0.136. The van der Waals surface area contributed by atoms with Crippen molar-refractivity contribution in [3.05, 3.63) is 65.1 Å². The second-order valence-electron chi connectivity index (χ2n) is 6.35. The molecule has 0 fully saturated rings. The van der Waals surface area contributed by atoms with Gasteiger partial charge in [-0.25, -0.2) is 4.79 Å². The molecule has 0 aliphatic carbocycles. The minimum absolute atomic E-state index is 0.00893. The van der Waals surface area contributed by atoms with E-state index < -0.39 is 17.7 Å². The Hall–Kier alpha value is -3.64. The van der Waals surface area contributed by atoms with Crippen molar-refractivity contribution in [1.29, 1.82) is 0 Å². The topological polar surface area (TPSA) is 119 Å². The van der Waals surface area contributed by atoms with Crippen molar-refractivity contribution in [2.24, 2.45) is 0 Å². The van der Waals surface area contributed by atoms with Gasteiger partial charge in [0, 0.05) is 11.8 Å². The zero-order valence-electron chi connectivity index (χ0n) is 17.7. The number of benzene rings is 2. The number of anilines is 3. The smallest absolute Gasteiger partial charge is 0.418 e. The van der Waals surface area contributed by atoms with Gasteiger partial charge in [-0.15, -0.1) is 0 Å². The average Bonchev–Trinajstić information content (AvgIpc) is 3.30. The van der Waals surface area contributed by atoms with Gasteiger partial charge in [-0.1, -0.05) is 11.6 Å². The van der Waals surface area contributed by atoms with Crippen LogP contribution in [0.1, 0.15) is 16.1 Å². The van der Waals surface area contributed by atoms with Gasteiger partial charge in [-0.2, -0.15) is 13.2 Å². The number of methoxy groups -OCH3 is 2. The SMILES string of the molecule is COc1cc(OC)c(NC(=S)Nc2ccc(N)cc2C(F)(F)F)cc1Cl.O=C(O)c1ccco1. The van der Waals surface area contributed by atoms with Crippen LogP contribution in [0.3, 0.4) is 0 Å². The Morgan fingerprint density at radius 2 is 1.74 bits per heavy atom. The highest BCUT2D eigenvalue weighted by molar-refractivity contribution is 7.80. The van der Waals surface area contributed by atoms with Gasteiger partial charge in [-0.05, 0) is 48.6 Å². The molecule has 1 aromatic heterocycles. The maximum Gasteiger partial charge on any atom is 0.418 e. The summed E-state index contributed by atoms with van der Waals surface area (Å²) in [7, 11) is 2.87. The maximum absolute atomic E-state index is 13.2. The van der Waals surface area contributed by atoms with Crippen LogP contribution in [0.25, 0.3) is 0 Å². The number of aromatic carboxylic acids is 1. The number of nitrogens with one attached hydrogen (secondary N) is 2. The van der Waals surface area contributed by atoms with Crippen molar-refractivity contribution >= 4 is 52.0 Å². The van der Waals surface area contributed by atoms with Crippen LogP contribution in [0, 0.1) is 0 Å². The molecule has 0 atom stereocenters. The molecule has 0 spiro atoms. The highest BCUT2D eigenvalue weighted by Crippen LogP contribution is 2.37. The van der Waals surface area contributed by atoms with E-state index in [0.717, 1.165) is 6.07 Å². The van der Waals surface area contributed by atoms with Crippen LogP contribution in [-0.2, 0) is 6.18 Å². The molecular formula is C21H19ClF3N3O5S. The Bertz CT molecular complexity index is 1160. The first-order valence-corrected chi connectivity index (χ1v) is 9.98. The highest BCUT2D eigenvalue weighted by atomic mass is 35.5. The van der Waals surface area contributed by atoms with Gasteiger partial charge in [-0.3, -0.25) is 0 Å². The van der Waals surface area contributed by atoms with Crippen LogP contribution < -0.4 is 25.8 Å². The summed E-state index contributed by atoms with van der Waals surface area (Å²) in [6.45, 7) is 0. The lowest BCUT2D eigenvalue weighted by Crippen LogP contribution is -2.22. The average molecular weight is 518 g/mol. The number of furan rings is 1. The third-order valence-electron chi connectivity index (χ3n) is 4.05. The maximum atomic E-state index is 13.2. The number of hydrogen-bond acceptors (Lipinski definition) is 6. The first kappa shape index (κ1) is 26.6. The Labute approximate surface area is 202 Å². The Morgan fingerprint density at radius 3 is 2.24 bits per heavy atom. The van der Waals surface area contributed by atoms with Crippen molar-refractivity contribution in [2.45, 2.75) is 6.18 Å². The molecule has 182 valence electrons. The quantitative estimate of drug-likeness (QED) is 0.248. The molecule has 0 unspecified atom stereocenters. The number of nitrogens with two attached hydrogens (primary N) is 1. The minimum Gasteiger partial charge on any atom is -0.495 e. The third kappa shape index (κ3) is 7.18. The summed E-state index contributed by atoms with van der Waals surface area (Å²) in [5, 5.41) is 13.6.